The summed E-state index contributed by atoms with van der Waals surface area (Å²) < 4.78 is 25.0. The minimum Gasteiger partial charge on any atom is -0.444 e. The molecule has 0 saturated carbocycles. The van der Waals surface area contributed by atoms with Crippen molar-refractivity contribution in [3.8, 4) is 34.4 Å². The number of imidazole rings is 2. The van der Waals surface area contributed by atoms with Gasteiger partial charge in [-0.3, -0.25) is 10.6 Å². The van der Waals surface area contributed by atoms with E-state index in [1.165, 1.54) is 21.5 Å². The highest BCUT2D eigenvalue weighted by atomic mass is 127. The molecule has 0 bridgehead atoms. The van der Waals surface area contributed by atoms with E-state index in [9.17, 15) is 19.2 Å². The van der Waals surface area contributed by atoms with Crippen molar-refractivity contribution in [3.63, 3.8) is 0 Å². The van der Waals surface area contributed by atoms with Gasteiger partial charge in [0.2, 0.25) is 11.9 Å². The number of rotatable bonds is 4. The Hall–Kier alpha value is -5.41. The molecule has 0 radical (unpaired) electrons. The van der Waals surface area contributed by atoms with Crippen LogP contribution < -0.4 is 10.6 Å². The monoisotopic (exact) mass is 898 g/mol. The van der Waals surface area contributed by atoms with Crippen LogP contribution in [0, 0.1) is 15.4 Å². The largest absolute Gasteiger partial charge is 0.444 e. The molecule has 2 amide bonds. The molecule has 2 aromatic carbocycles. The maximum absolute atomic E-state index is 12.9. The van der Waals surface area contributed by atoms with E-state index in [1.54, 1.807) is 107 Å². The molecule has 0 saturated heterocycles. The van der Waals surface area contributed by atoms with Crippen LogP contribution in [0.25, 0.3) is 22.5 Å². The van der Waals surface area contributed by atoms with Gasteiger partial charge in [-0.2, -0.15) is 0 Å². The summed E-state index contributed by atoms with van der Waals surface area (Å²) in [5, 5.41) is 13.8. The van der Waals surface area contributed by atoms with Crippen LogP contribution in [0.3, 0.4) is 0 Å². The molecule has 3 N–H and O–H groups in total. The molecule has 57 heavy (non-hydrogen) atoms. The van der Waals surface area contributed by atoms with E-state index in [2.05, 4.69) is 55.0 Å². The molecule has 4 aromatic rings. The van der Waals surface area contributed by atoms with E-state index in [4.69, 9.17) is 24.1 Å². The molecule has 306 valence electrons. The molecule has 16 heteroatoms. The van der Waals surface area contributed by atoms with Gasteiger partial charge in [0.05, 0.1) is 23.8 Å². The van der Waals surface area contributed by atoms with E-state index in [-0.39, 0.29) is 18.5 Å². The number of ether oxygens (including phenoxy) is 4. The molecule has 15 nitrogen and oxygen atoms in total. The minimum absolute atomic E-state index is 0.0161. The van der Waals surface area contributed by atoms with Crippen LogP contribution in [0.5, 0.6) is 0 Å². The Balaban J connectivity index is 0.000000307. The number of halogens is 1. The lowest BCUT2D eigenvalue weighted by Gasteiger charge is -2.22. The lowest BCUT2D eigenvalue weighted by atomic mass is 10.1. The zero-order chi connectivity index (χ0) is 42.9. The van der Waals surface area contributed by atoms with Crippen LogP contribution in [-0.4, -0.2) is 77.6 Å². The van der Waals surface area contributed by atoms with Gasteiger partial charge in [-0.05, 0) is 130 Å². The normalized spacial score (nSPS) is 11.5. The van der Waals surface area contributed by atoms with Crippen LogP contribution >= 0.6 is 22.6 Å². The highest BCUT2D eigenvalue weighted by Gasteiger charge is 2.28. The lowest BCUT2D eigenvalue weighted by Crippen LogP contribution is -2.31. The van der Waals surface area contributed by atoms with Crippen molar-refractivity contribution in [2.45, 2.75) is 105 Å². The van der Waals surface area contributed by atoms with Gasteiger partial charge in [-0.15, -0.1) is 0 Å². The molecule has 0 unspecified atom stereocenters. The second kappa shape index (κ2) is 18.7. The van der Waals surface area contributed by atoms with Crippen LogP contribution in [0.1, 0.15) is 88.6 Å². The van der Waals surface area contributed by atoms with Crippen molar-refractivity contribution < 1.29 is 43.2 Å². The third-order valence-electron chi connectivity index (χ3n) is 6.53. The number of aliphatic hydroxyl groups excluding tert-OH is 1. The smallest absolute Gasteiger partial charge is 0.421 e. The third kappa shape index (κ3) is 15.2. The summed E-state index contributed by atoms with van der Waals surface area (Å²) in [5.41, 5.74) is 0.256. The van der Waals surface area contributed by atoms with Gasteiger partial charge >= 0.3 is 24.4 Å². The summed E-state index contributed by atoms with van der Waals surface area (Å²) in [7, 11) is 0. The molecular formula is C41H51IN6O9. The highest BCUT2D eigenvalue weighted by molar-refractivity contribution is 14.1. The average molecular weight is 899 g/mol. The quantitative estimate of drug-likeness (QED) is 0.101. The van der Waals surface area contributed by atoms with E-state index in [1.807, 2.05) is 24.3 Å². The van der Waals surface area contributed by atoms with Gasteiger partial charge in [0.15, 0.2) is 0 Å². The number of anilines is 2. The fraction of sp³-hybridized carbons (Fsp3) is 0.415. The molecule has 0 spiro atoms. The fourth-order valence-electron chi connectivity index (χ4n) is 4.55. The van der Waals surface area contributed by atoms with E-state index in [0.29, 0.717) is 22.5 Å². The van der Waals surface area contributed by atoms with Gasteiger partial charge in [0.25, 0.3) is 0 Å². The number of amides is 2. The predicted molar refractivity (Wildman–Crippen MR) is 225 cm³/mol. The highest BCUT2D eigenvalue weighted by Crippen LogP contribution is 2.28. The molecule has 4 rings (SSSR count). The number of nitrogens with one attached hydrogen (secondary N) is 2. The van der Waals surface area contributed by atoms with E-state index in [0.717, 1.165) is 9.13 Å². The molecular weight excluding hydrogens is 847 g/mol. The second-order valence-electron chi connectivity index (χ2n) is 16.4. The number of hydrogen-bond donors (Lipinski definition) is 3. The first-order valence-electron chi connectivity index (χ1n) is 17.8. The first kappa shape index (κ1) is 46.0. The molecule has 0 aliphatic rings. The summed E-state index contributed by atoms with van der Waals surface area (Å²) in [6.45, 7) is 20.8. The molecule has 0 aliphatic heterocycles. The summed E-state index contributed by atoms with van der Waals surface area (Å²) in [6.07, 6.45) is 0.208. The Bertz CT molecular complexity index is 2100. The fourth-order valence-corrected chi connectivity index (χ4v) is 4.91. The standard InChI is InChI=1S/C22H27N3O5.C19H24IN3O4/c1-21(2,3)29-19(27)24-18-23-14-17(25(18)20(28)30-22(4,5)6)16-11-9-15(10-12-16)8-7-13-26;1-18(2,3)26-16(24)22-15-21-11-14(12-7-9-13(20)10-8-12)23(15)17(25)27-19(4,5)6/h9-12,14,26H,13H2,1-6H3,(H,23,24,27);7-11H,1-6H3,(H,21,22,24). The second-order valence-corrected chi connectivity index (χ2v) is 17.6. The molecule has 2 aromatic heterocycles. The van der Waals surface area contributed by atoms with Crippen LogP contribution in [0.15, 0.2) is 60.9 Å². The first-order chi connectivity index (χ1) is 26.2. The Kier molecular flexibility index (Phi) is 15.1. The average Bonchev–Trinajstić information content (AvgIpc) is 3.65. The predicted octanol–water partition coefficient (Wildman–Crippen LogP) is 9.31. The number of aromatic nitrogens is 4. The number of nitrogens with zero attached hydrogens (tertiary/aromatic N) is 4. The Morgan fingerprint density at radius 3 is 1.30 bits per heavy atom. The summed E-state index contributed by atoms with van der Waals surface area (Å²) in [5.74, 6) is 5.40. The zero-order valence-corrected chi connectivity index (χ0v) is 36.5. The summed E-state index contributed by atoms with van der Waals surface area (Å²) in [6, 6.07) is 14.6. The molecule has 0 fully saturated rings. The van der Waals surface area contributed by atoms with Crippen molar-refractivity contribution in [2.75, 3.05) is 17.2 Å². The lowest BCUT2D eigenvalue weighted by molar-refractivity contribution is 0.0526. The maximum Gasteiger partial charge on any atom is 0.421 e. The van der Waals surface area contributed by atoms with Crippen LogP contribution in [-0.2, 0) is 18.9 Å². The van der Waals surface area contributed by atoms with Gasteiger partial charge in [-0.1, -0.05) is 36.1 Å². The van der Waals surface area contributed by atoms with Gasteiger partial charge < -0.3 is 24.1 Å². The first-order valence-corrected chi connectivity index (χ1v) is 18.9. The van der Waals surface area contributed by atoms with Crippen molar-refractivity contribution in [2.24, 2.45) is 0 Å². The van der Waals surface area contributed by atoms with Crippen molar-refractivity contribution >= 4 is 58.9 Å². The summed E-state index contributed by atoms with van der Waals surface area (Å²) in [4.78, 5) is 58.3. The third-order valence-corrected chi connectivity index (χ3v) is 7.25. The van der Waals surface area contributed by atoms with Crippen molar-refractivity contribution in [1.82, 2.24) is 19.1 Å². The number of aliphatic hydroxyl groups is 1. The van der Waals surface area contributed by atoms with Crippen LogP contribution in [0.2, 0.25) is 0 Å². The zero-order valence-electron chi connectivity index (χ0n) is 34.4. The van der Waals surface area contributed by atoms with Gasteiger partial charge in [0.1, 0.15) is 29.0 Å². The molecule has 0 atom stereocenters. The maximum atomic E-state index is 12.9. The van der Waals surface area contributed by atoms with Crippen molar-refractivity contribution in [1.29, 1.82) is 0 Å². The Labute approximate surface area is 347 Å². The number of benzene rings is 2. The van der Waals surface area contributed by atoms with E-state index >= 15 is 0 Å². The summed E-state index contributed by atoms with van der Waals surface area (Å²) >= 11 is 2.20. The SMILES string of the molecule is CC(C)(C)OC(=O)Nc1ncc(-c2ccc(C#CCO)cc2)n1C(=O)OC(C)(C)C.CC(C)(C)OC(=O)Nc1ncc(-c2ccc(I)cc2)n1C(=O)OC(C)(C)C. The minimum atomic E-state index is -0.744. The molecule has 2 heterocycles. The topological polar surface area (TPSA) is 185 Å². The molecule has 0 aliphatic carbocycles. The van der Waals surface area contributed by atoms with Gasteiger partial charge in [-0.25, -0.2) is 38.3 Å². The number of hydrogen-bond acceptors (Lipinski definition) is 11. The van der Waals surface area contributed by atoms with Crippen molar-refractivity contribution in [3.05, 3.63) is 70.1 Å². The Morgan fingerprint density at radius 2 is 0.965 bits per heavy atom. The van der Waals surface area contributed by atoms with E-state index < -0.39 is 46.8 Å². The number of carbonyl (C=O) groups excluding carboxylic acids is 4. The van der Waals surface area contributed by atoms with Gasteiger partial charge in [0, 0.05) is 20.3 Å². The Morgan fingerprint density at radius 1 is 0.614 bits per heavy atom. The number of carbonyl (C=O) groups is 4. The van der Waals surface area contributed by atoms with Crippen LogP contribution in [0.4, 0.5) is 31.1 Å².